The van der Waals surface area contributed by atoms with Crippen LogP contribution in [0.25, 0.3) is 0 Å². The molecule has 0 fully saturated rings. The van der Waals surface area contributed by atoms with Crippen molar-refractivity contribution in [2.45, 2.75) is 13.8 Å². The Kier molecular flexibility index (Phi) is 7.57. The lowest BCUT2D eigenvalue weighted by Gasteiger charge is -1.89. The number of esters is 1. The molecule has 0 heterocycles. The Hall–Kier alpha value is -0.530. The van der Waals surface area contributed by atoms with Crippen LogP contribution in [-0.4, -0.2) is 12.6 Å². The van der Waals surface area contributed by atoms with Gasteiger partial charge >= 0.3 is 5.97 Å². The maximum atomic E-state index is 9.82. The van der Waals surface area contributed by atoms with Crippen molar-refractivity contribution in [3.05, 3.63) is 7.43 Å². The zero-order chi connectivity index (χ0) is 4.99. The van der Waals surface area contributed by atoms with Crippen LogP contribution in [0.15, 0.2) is 0 Å². The second-order valence-corrected chi connectivity index (χ2v) is 0.925. The Morgan fingerprint density at radius 2 is 2.14 bits per heavy atom. The van der Waals surface area contributed by atoms with Gasteiger partial charge in [-0.15, -0.1) is 0 Å². The van der Waals surface area contributed by atoms with Crippen LogP contribution in [0.2, 0.25) is 0 Å². The molecular weight excluding hydrogens is 92.1 g/mol. The highest BCUT2D eigenvalue weighted by Gasteiger charge is 1.81. The number of hydrogen-bond donors (Lipinski definition) is 0. The van der Waals surface area contributed by atoms with Crippen molar-refractivity contribution in [3.63, 3.8) is 0 Å². The van der Waals surface area contributed by atoms with Crippen LogP contribution >= 0.6 is 0 Å². The fourth-order valence-electron chi connectivity index (χ4n) is 0.203. The largest absolute Gasteiger partial charge is 0.466 e. The maximum Gasteiger partial charge on any atom is 0.302 e. The minimum Gasteiger partial charge on any atom is -0.466 e. The highest BCUT2D eigenvalue weighted by atomic mass is 16.5. The molecule has 0 amide bonds. The third-order valence-corrected chi connectivity index (χ3v) is 0.348. The predicted octanol–water partition coefficient (Wildman–Crippen LogP) is 0.897. The first kappa shape index (κ1) is 9.69. The molecule has 0 atom stereocenters. The maximum absolute atomic E-state index is 9.82. The van der Waals surface area contributed by atoms with Crippen LogP contribution in [0.1, 0.15) is 13.8 Å². The Morgan fingerprint density at radius 1 is 1.71 bits per heavy atom. The average Bonchev–Trinajstić information content (AvgIpc) is 1.35. The van der Waals surface area contributed by atoms with Crippen LogP contribution in [0.3, 0.4) is 0 Å². The van der Waals surface area contributed by atoms with Crippen molar-refractivity contribution in [2.24, 2.45) is 0 Å². The molecule has 0 bridgehead atoms. The van der Waals surface area contributed by atoms with E-state index in [1.807, 2.05) is 0 Å². The quantitative estimate of drug-likeness (QED) is 0.460. The summed E-state index contributed by atoms with van der Waals surface area (Å²) in [6, 6.07) is 0. The number of ether oxygens (including phenoxy) is 1. The molecule has 0 saturated heterocycles. The Bertz CT molecular complexity index is 50.0. The Labute approximate surface area is 44.5 Å². The Balaban J connectivity index is 0. The summed E-state index contributed by atoms with van der Waals surface area (Å²) in [5.41, 5.74) is 0. The lowest BCUT2D eigenvalue weighted by molar-refractivity contribution is -0.140. The average molecular weight is 102 g/mol. The van der Waals surface area contributed by atoms with E-state index in [1.54, 1.807) is 6.92 Å². The lowest BCUT2D eigenvalue weighted by atomic mass is 10.8. The second kappa shape index (κ2) is 5.47. The van der Waals surface area contributed by atoms with Crippen molar-refractivity contribution in [1.29, 1.82) is 0 Å². The third-order valence-electron chi connectivity index (χ3n) is 0.348. The van der Waals surface area contributed by atoms with Gasteiger partial charge in [-0.25, -0.2) is 0 Å². The first-order chi connectivity index (χ1) is 2.77. The standard InChI is InChI=1S/C4H8O2.CH2/c1-3-6-4(2)5;/h3H2,1-2H3;1H2. The van der Waals surface area contributed by atoms with Gasteiger partial charge in [-0.3, -0.25) is 4.79 Å². The van der Waals surface area contributed by atoms with Crippen LogP contribution in [0.4, 0.5) is 0 Å². The zero-order valence-corrected chi connectivity index (χ0v) is 4.73. The first-order valence-corrected chi connectivity index (χ1v) is 1.90. The van der Waals surface area contributed by atoms with Crippen LogP contribution in [0, 0.1) is 7.43 Å². The molecule has 2 radical (unpaired) electrons. The van der Waals surface area contributed by atoms with Gasteiger partial charge in [-0.2, -0.15) is 0 Å². The molecule has 0 aliphatic carbocycles. The molecule has 0 rings (SSSR count). The first-order valence-electron chi connectivity index (χ1n) is 1.90. The van der Waals surface area contributed by atoms with Crippen molar-refractivity contribution >= 4 is 5.97 Å². The smallest absolute Gasteiger partial charge is 0.302 e. The molecule has 0 N–H and O–H groups in total. The van der Waals surface area contributed by atoms with Gasteiger partial charge in [-0.1, -0.05) is 7.43 Å². The molecule has 0 aliphatic heterocycles. The van der Waals surface area contributed by atoms with Gasteiger partial charge < -0.3 is 4.74 Å². The summed E-state index contributed by atoms with van der Waals surface area (Å²) in [5, 5.41) is 0. The van der Waals surface area contributed by atoms with Crippen molar-refractivity contribution in [1.82, 2.24) is 0 Å². The van der Waals surface area contributed by atoms with Crippen LogP contribution in [-0.2, 0) is 9.53 Å². The fourth-order valence-corrected chi connectivity index (χ4v) is 0.203. The molecule has 2 nitrogen and oxygen atoms in total. The monoisotopic (exact) mass is 102 g/mol. The van der Waals surface area contributed by atoms with Crippen LogP contribution < -0.4 is 0 Å². The number of carbonyl (C=O) groups is 1. The summed E-state index contributed by atoms with van der Waals surface area (Å²) in [7, 11) is 0. The number of rotatable bonds is 1. The molecule has 7 heavy (non-hydrogen) atoms. The fraction of sp³-hybridized carbons (Fsp3) is 0.600. The molecule has 0 aromatic heterocycles. The van der Waals surface area contributed by atoms with E-state index in [4.69, 9.17) is 0 Å². The topological polar surface area (TPSA) is 26.3 Å². The summed E-state index contributed by atoms with van der Waals surface area (Å²) >= 11 is 0. The molecule has 0 aromatic rings. The summed E-state index contributed by atoms with van der Waals surface area (Å²) in [6.45, 7) is 3.65. The molecule has 42 valence electrons. The van der Waals surface area contributed by atoms with Gasteiger partial charge in [-0.05, 0) is 6.92 Å². The van der Waals surface area contributed by atoms with Crippen molar-refractivity contribution < 1.29 is 9.53 Å². The van der Waals surface area contributed by atoms with E-state index in [0.29, 0.717) is 6.61 Å². The summed E-state index contributed by atoms with van der Waals surface area (Å²) in [4.78, 5) is 9.82. The van der Waals surface area contributed by atoms with E-state index in [1.165, 1.54) is 6.92 Å². The molecule has 0 spiro atoms. The SMILES string of the molecule is CCOC(C)=O.[CH2]. The highest BCUT2D eigenvalue weighted by Crippen LogP contribution is 1.69. The van der Waals surface area contributed by atoms with Gasteiger partial charge in [0.2, 0.25) is 0 Å². The number of hydrogen-bond acceptors (Lipinski definition) is 2. The van der Waals surface area contributed by atoms with E-state index < -0.39 is 0 Å². The summed E-state index contributed by atoms with van der Waals surface area (Å²) in [5.74, 6) is -0.211. The van der Waals surface area contributed by atoms with E-state index >= 15 is 0 Å². The van der Waals surface area contributed by atoms with Gasteiger partial charge in [0, 0.05) is 6.92 Å². The highest BCUT2D eigenvalue weighted by molar-refractivity contribution is 5.65. The van der Waals surface area contributed by atoms with E-state index in [-0.39, 0.29) is 13.4 Å². The number of carbonyl (C=O) groups excluding carboxylic acids is 1. The molecular formula is C5H10O2. The third kappa shape index (κ3) is 10.8. The van der Waals surface area contributed by atoms with Gasteiger partial charge in [0.25, 0.3) is 0 Å². The molecule has 0 aromatic carbocycles. The van der Waals surface area contributed by atoms with Gasteiger partial charge in [0.1, 0.15) is 0 Å². The molecule has 0 unspecified atom stereocenters. The van der Waals surface area contributed by atoms with E-state index in [9.17, 15) is 4.79 Å². The van der Waals surface area contributed by atoms with Crippen molar-refractivity contribution in [2.75, 3.05) is 6.61 Å². The van der Waals surface area contributed by atoms with Crippen molar-refractivity contribution in [3.8, 4) is 0 Å². The molecule has 0 saturated carbocycles. The predicted molar refractivity (Wildman–Crippen MR) is 27.7 cm³/mol. The molecule has 2 heteroatoms. The summed E-state index contributed by atoms with van der Waals surface area (Å²) in [6.07, 6.45) is 0. The second-order valence-electron chi connectivity index (χ2n) is 0.925. The summed E-state index contributed by atoms with van der Waals surface area (Å²) < 4.78 is 4.40. The van der Waals surface area contributed by atoms with E-state index in [0.717, 1.165) is 0 Å². The minimum atomic E-state index is -0.211. The van der Waals surface area contributed by atoms with Gasteiger partial charge in [0.15, 0.2) is 0 Å². The normalized spacial score (nSPS) is 6.57. The lowest BCUT2D eigenvalue weighted by Crippen LogP contribution is -1.95. The van der Waals surface area contributed by atoms with Crippen LogP contribution in [0.5, 0.6) is 0 Å². The Morgan fingerprint density at radius 3 is 2.14 bits per heavy atom. The van der Waals surface area contributed by atoms with E-state index in [2.05, 4.69) is 4.74 Å². The zero-order valence-electron chi connectivity index (χ0n) is 4.73. The molecule has 0 aliphatic rings. The van der Waals surface area contributed by atoms with Gasteiger partial charge in [0.05, 0.1) is 6.61 Å². The minimum absolute atomic E-state index is 0.